The summed E-state index contributed by atoms with van der Waals surface area (Å²) in [7, 11) is 1.38. The smallest absolute Gasteiger partial charge is 0.337 e. The second-order valence-electron chi connectivity index (χ2n) is 6.13. The molecule has 0 spiro atoms. The number of aromatic nitrogens is 6. The number of ether oxygens (including phenoxy) is 1. The van der Waals surface area contributed by atoms with Crippen molar-refractivity contribution < 1.29 is 9.53 Å². The van der Waals surface area contributed by atoms with Gasteiger partial charge in [-0.05, 0) is 29.3 Å². The number of nitrogens with one attached hydrogen (secondary N) is 2. The minimum Gasteiger partial charge on any atom is -0.465 e. The Morgan fingerprint density at radius 2 is 2.11 bits per heavy atom. The van der Waals surface area contributed by atoms with Gasteiger partial charge < -0.3 is 14.6 Å². The fourth-order valence-corrected chi connectivity index (χ4v) is 2.78. The number of rotatable bonds is 9. The number of nitrogens with zero attached hydrogens (tertiary/aromatic N) is 5. The molecule has 3 rings (SSSR count). The maximum Gasteiger partial charge on any atom is 0.337 e. The van der Waals surface area contributed by atoms with E-state index >= 15 is 0 Å². The molecule has 0 radical (unpaired) electrons. The number of aromatic amines is 1. The van der Waals surface area contributed by atoms with Crippen LogP contribution in [0.15, 0.2) is 30.5 Å². The predicted octanol–water partition coefficient (Wildman–Crippen LogP) is 2.19. The summed E-state index contributed by atoms with van der Waals surface area (Å²) in [5.74, 6) is 1.15. The van der Waals surface area contributed by atoms with Crippen molar-refractivity contribution in [2.45, 2.75) is 39.3 Å². The second-order valence-corrected chi connectivity index (χ2v) is 6.13. The molecule has 2 heterocycles. The van der Waals surface area contributed by atoms with Crippen LogP contribution in [0, 0.1) is 0 Å². The van der Waals surface area contributed by atoms with Crippen molar-refractivity contribution in [2.24, 2.45) is 0 Å². The van der Waals surface area contributed by atoms with Gasteiger partial charge in [-0.25, -0.2) is 9.78 Å². The summed E-state index contributed by atoms with van der Waals surface area (Å²) < 4.78 is 6.94. The molecule has 0 bridgehead atoms. The normalized spacial score (nSPS) is 10.7. The van der Waals surface area contributed by atoms with E-state index in [4.69, 9.17) is 4.74 Å². The van der Waals surface area contributed by atoms with Gasteiger partial charge >= 0.3 is 5.97 Å². The molecule has 0 atom stereocenters. The molecule has 0 unspecified atom stereocenters. The molecule has 3 aromatic rings. The van der Waals surface area contributed by atoms with Crippen molar-refractivity contribution in [1.82, 2.24) is 30.2 Å². The molecular weight excluding hydrogens is 346 g/mol. The van der Waals surface area contributed by atoms with E-state index in [1.165, 1.54) is 7.11 Å². The Bertz CT molecular complexity index is 856. The van der Waals surface area contributed by atoms with Crippen LogP contribution in [0.5, 0.6) is 0 Å². The van der Waals surface area contributed by atoms with E-state index < -0.39 is 0 Å². The lowest BCUT2D eigenvalue weighted by molar-refractivity contribution is 0.0600. The van der Waals surface area contributed by atoms with E-state index in [2.05, 4.69) is 42.4 Å². The van der Waals surface area contributed by atoms with E-state index in [9.17, 15) is 4.79 Å². The first-order chi connectivity index (χ1) is 13.2. The fourth-order valence-electron chi connectivity index (χ4n) is 2.78. The summed E-state index contributed by atoms with van der Waals surface area (Å²) in [5.41, 5.74) is 2.65. The van der Waals surface area contributed by atoms with Gasteiger partial charge in [0.15, 0.2) is 0 Å². The van der Waals surface area contributed by atoms with Gasteiger partial charge in [-0.15, -0.1) is 5.10 Å². The number of hydrogen-bond acceptors (Lipinski definition) is 7. The number of unbranched alkanes of at least 4 members (excludes halogenated alkanes) is 1. The van der Waals surface area contributed by atoms with E-state index in [1.54, 1.807) is 12.1 Å². The summed E-state index contributed by atoms with van der Waals surface area (Å²) in [4.78, 5) is 16.2. The Kier molecular flexibility index (Phi) is 6.14. The Balaban J connectivity index is 1.78. The summed E-state index contributed by atoms with van der Waals surface area (Å²) in [6.45, 7) is 3.38. The molecule has 9 nitrogen and oxygen atoms in total. The van der Waals surface area contributed by atoms with Gasteiger partial charge in [0, 0.05) is 13.0 Å². The number of imidazole rings is 1. The third-order valence-corrected chi connectivity index (χ3v) is 4.26. The fraction of sp³-hybridized carbons (Fsp3) is 0.389. The molecule has 0 aliphatic rings. The van der Waals surface area contributed by atoms with Crippen LogP contribution in [-0.2, 0) is 24.2 Å². The Morgan fingerprint density at radius 1 is 1.30 bits per heavy atom. The molecule has 2 aromatic heterocycles. The van der Waals surface area contributed by atoms with Crippen molar-refractivity contribution in [3.63, 3.8) is 0 Å². The Morgan fingerprint density at radius 3 is 2.78 bits per heavy atom. The minimum atomic E-state index is -0.335. The molecule has 0 fully saturated rings. The Hall–Kier alpha value is -3.23. The molecular formula is C18H23N7O2. The molecule has 0 saturated heterocycles. The number of hydrogen-bond donors (Lipinski definition) is 2. The number of methoxy groups -OCH3 is 1. The predicted molar refractivity (Wildman–Crippen MR) is 99.2 cm³/mol. The van der Waals surface area contributed by atoms with Gasteiger partial charge in [-0.3, -0.25) is 0 Å². The van der Waals surface area contributed by atoms with Gasteiger partial charge in [-0.2, -0.15) is 5.21 Å². The first-order valence-electron chi connectivity index (χ1n) is 8.89. The number of anilines is 1. The molecule has 2 N–H and O–H groups in total. The highest BCUT2D eigenvalue weighted by Crippen LogP contribution is 2.15. The molecule has 1 aromatic carbocycles. The number of esters is 1. The van der Waals surface area contributed by atoms with Crippen LogP contribution in [0.3, 0.4) is 0 Å². The number of benzene rings is 1. The third-order valence-electron chi connectivity index (χ3n) is 4.26. The lowest BCUT2D eigenvalue weighted by Gasteiger charge is -2.13. The number of tetrazole rings is 1. The quantitative estimate of drug-likeness (QED) is 0.556. The maximum atomic E-state index is 11.6. The van der Waals surface area contributed by atoms with E-state index in [-0.39, 0.29) is 5.97 Å². The van der Waals surface area contributed by atoms with Crippen LogP contribution >= 0.6 is 0 Å². The molecule has 27 heavy (non-hydrogen) atoms. The molecule has 0 amide bonds. The zero-order valence-corrected chi connectivity index (χ0v) is 15.5. The Labute approximate surface area is 157 Å². The summed E-state index contributed by atoms with van der Waals surface area (Å²) in [6, 6.07) is 7.43. The monoisotopic (exact) mass is 369 g/mol. The highest BCUT2D eigenvalue weighted by atomic mass is 16.5. The zero-order valence-electron chi connectivity index (χ0n) is 15.5. The second kappa shape index (κ2) is 8.93. The first kappa shape index (κ1) is 18.6. The number of aryl methyl sites for hydroxylation is 1. The highest BCUT2D eigenvalue weighted by Gasteiger charge is 2.12. The first-order valence-corrected chi connectivity index (χ1v) is 8.89. The highest BCUT2D eigenvalue weighted by molar-refractivity contribution is 5.89. The lowest BCUT2D eigenvalue weighted by atomic mass is 10.1. The molecule has 0 aliphatic heterocycles. The van der Waals surface area contributed by atoms with Gasteiger partial charge in [-0.1, -0.05) is 30.6 Å². The van der Waals surface area contributed by atoms with Crippen LogP contribution in [0.4, 0.5) is 5.95 Å². The molecule has 0 aliphatic carbocycles. The van der Waals surface area contributed by atoms with E-state index in [0.29, 0.717) is 24.6 Å². The van der Waals surface area contributed by atoms with Crippen molar-refractivity contribution in [2.75, 3.05) is 12.4 Å². The van der Waals surface area contributed by atoms with Crippen molar-refractivity contribution in [1.29, 1.82) is 0 Å². The summed E-state index contributed by atoms with van der Waals surface area (Å²) >= 11 is 0. The van der Waals surface area contributed by atoms with Gasteiger partial charge in [0.05, 0.1) is 31.1 Å². The average Bonchev–Trinajstić information content (AvgIpc) is 3.35. The van der Waals surface area contributed by atoms with E-state index in [0.717, 1.165) is 36.3 Å². The molecule has 142 valence electrons. The maximum absolute atomic E-state index is 11.6. The van der Waals surface area contributed by atoms with Gasteiger partial charge in [0.1, 0.15) is 5.82 Å². The average molecular weight is 369 g/mol. The van der Waals surface area contributed by atoms with Gasteiger partial charge in [0.25, 0.3) is 5.95 Å². The van der Waals surface area contributed by atoms with Crippen LogP contribution in [0.1, 0.15) is 47.2 Å². The third kappa shape index (κ3) is 4.69. The minimum absolute atomic E-state index is 0.335. The van der Waals surface area contributed by atoms with Crippen LogP contribution in [0.2, 0.25) is 0 Å². The largest absolute Gasteiger partial charge is 0.465 e. The van der Waals surface area contributed by atoms with Gasteiger partial charge in [0.2, 0.25) is 0 Å². The van der Waals surface area contributed by atoms with E-state index in [1.807, 2.05) is 18.3 Å². The van der Waals surface area contributed by atoms with Crippen molar-refractivity contribution in [3.8, 4) is 0 Å². The van der Waals surface area contributed by atoms with Crippen LogP contribution < -0.4 is 5.32 Å². The zero-order chi connectivity index (χ0) is 19.1. The van der Waals surface area contributed by atoms with Crippen LogP contribution in [-0.4, -0.2) is 43.3 Å². The van der Waals surface area contributed by atoms with Crippen molar-refractivity contribution in [3.05, 3.63) is 53.1 Å². The number of H-pyrrole nitrogens is 1. The standard InChI is InChI=1S/C18H23N7O2/c1-3-4-5-16-19-10-15(11-20-18-21-23-24-22-18)25(16)12-13-6-8-14(9-7-13)17(26)27-2/h6-10H,3-5,11-12H2,1-2H3,(H2,20,21,22,23,24). The topological polar surface area (TPSA) is 111 Å². The lowest BCUT2D eigenvalue weighted by Crippen LogP contribution is -2.12. The summed E-state index contributed by atoms with van der Waals surface area (Å²) in [6.07, 6.45) is 4.98. The SMILES string of the molecule is CCCCc1ncc(CNc2nn[nH]n2)n1Cc1ccc(C(=O)OC)cc1. The number of carbonyl (C=O) groups is 1. The number of carbonyl (C=O) groups excluding carboxylic acids is 1. The molecule has 0 saturated carbocycles. The summed E-state index contributed by atoms with van der Waals surface area (Å²) in [5, 5.41) is 16.9. The van der Waals surface area contributed by atoms with Crippen LogP contribution in [0.25, 0.3) is 0 Å². The van der Waals surface area contributed by atoms with Crippen molar-refractivity contribution >= 4 is 11.9 Å². The molecule has 9 heteroatoms.